The molecule has 7 nitrogen and oxygen atoms in total. The highest BCUT2D eigenvalue weighted by atomic mass is 32.2. The minimum absolute atomic E-state index is 0.336. The van der Waals surface area contributed by atoms with Crippen LogP contribution in [0.2, 0.25) is 0 Å². The van der Waals surface area contributed by atoms with E-state index in [4.69, 9.17) is 4.74 Å². The summed E-state index contributed by atoms with van der Waals surface area (Å²) in [4.78, 5) is 25.1. The number of nitrogens with one attached hydrogen (secondary N) is 1. The first-order valence-corrected chi connectivity index (χ1v) is 11.0. The van der Waals surface area contributed by atoms with Crippen LogP contribution in [0, 0.1) is 13.8 Å². The van der Waals surface area contributed by atoms with Gasteiger partial charge < -0.3 is 9.30 Å². The predicted octanol–water partition coefficient (Wildman–Crippen LogP) is 3.24. The molecule has 1 atom stereocenters. The third-order valence-corrected chi connectivity index (χ3v) is 5.35. The van der Waals surface area contributed by atoms with Crippen molar-refractivity contribution in [2.75, 3.05) is 11.0 Å². The Morgan fingerprint density at radius 2 is 1.79 bits per heavy atom. The van der Waals surface area contributed by atoms with E-state index in [1.54, 1.807) is 6.07 Å². The summed E-state index contributed by atoms with van der Waals surface area (Å²) in [6.45, 7) is 5.38. The van der Waals surface area contributed by atoms with Gasteiger partial charge in [-0.25, -0.2) is 13.2 Å². The second-order valence-corrected chi connectivity index (χ2v) is 9.00. The van der Waals surface area contributed by atoms with E-state index in [9.17, 15) is 18.0 Å². The van der Waals surface area contributed by atoms with Crippen LogP contribution in [-0.2, 0) is 14.8 Å². The maximum absolute atomic E-state index is 12.6. The minimum Gasteiger partial charge on any atom is -0.451 e. The van der Waals surface area contributed by atoms with E-state index >= 15 is 0 Å². The number of rotatable bonds is 7. The molecule has 0 radical (unpaired) electrons. The van der Waals surface area contributed by atoms with Crippen LogP contribution in [0.3, 0.4) is 0 Å². The Kier molecular flexibility index (Phi) is 5.34. The molecular weight excluding hydrogens is 380 g/mol. The van der Waals surface area contributed by atoms with Gasteiger partial charge in [-0.2, -0.15) is 0 Å². The summed E-state index contributed by atoms with van der Waals surface area (Å²) in [7, 11) is -3.39. The molecule has 1 heterocycles. The molecule has 1 N–H and O–H groups in total. The van der Waals surface area contributed by atoms with Crippen molar-refractivity contribution >= 4 is 27.5 Å². The summed E-state index contributed by atoms with van der Waals surface area (Å²) >= 11 is 0. The van der Waals surface area contributed by atoms with E-state index in [0.717, 1.165) is 30.5 Å². The monoisotopic (exact) mass is 404 g/mol. The smallest absolute Gasteiger partial charge is 0.340 e. The van der Waals surface area contributed by atoms with Gasteiger partial charge in [-0.3, -0.25) is 9.52 Å². The molecule has 8 heteroatoms. The largest absolute Gasteiger partial charge is 0.451 e. The van der Waals surface area contributed by atoms with Gasteiger partial charge in [0.2, 0.25) is 15.8 Å². The zero-order valence-corrected chi connectivity index (χ0v) is 17.2. The van der Waals surface area contributed by atoms with Crippen molar-refractivity contribution in [1.82, 2.24) is 4.57 Å². The van der Waals surface area contributed by atoms with Gasteiger partial charge >= 0.3 is 5.97 Å². The highest BCUT2D eigenvalue weighted by Gasteiger charge is 2.29. The van der Waals surface area contributed by atoms with Crippen LogP contribution in [0.25, 0.3) is 0 Å². The Balaban J connectivity index is 1.69. The molecule has 0 bridgehead atoms. The van der Waals surface area contributed by atoms with Crippen LogP contribution >= 0.6 is 0 Å². The molecule has 1 aliphatic rings. The molecule has 1 aliphatic carbocycles. The highest BCUT2D eigenvalue weighted by molar-refractivity contribution is 7.92. The Hall–Kier alpha value is -2.61. The van der Waals surface area contributed by atoms with Crippen LogP contribution in [0.15, 0.2) is 30.3 Å². The summed E-state index contributed by atoms with van der Waals surface area (Å²) in [5.41, 5.74) is 3.05. The standard InChI is InChI=1S/C20H24N2O5S/c1-12-11-18(13(2)22(12)17-9-10-17)20(24)27-14(3)19(23)15-5-7-16(8-6-15)21-28(4,25)26/h5-8,11,14,17,21H,9-10H2,1-4H3/t14-/m0/s1. The van der Waals surface area contributed by atoms with E-state index in [2.05, 4.69) is 9.29 Å². The van der Waals surface area contributed by atoms with Crippen LogP contribution in [0.4, 0.5) is 5.69 Å². The fourth-order valence-electron chi connectivity index (χ4n) is 3.31. The number of esters is 1. The lowest BCUT2D eigenvalue weighted by molar-refractivity contribution is 0.0318. The van der Waals surface area contributed by atoms with Crippen LogP contribution in [0.5, 0.6) is 0 Å². The molecule has 150 valence electrons. The van der Waals surface area contributed by atoms with Crippen LogP contribution in [0.1, 0.15) is 57.9 Å². The second-order valence-electron chi connectivity index (χ2n) is 7.25. The average Bonchev–Trinajstić information content (AvgIpc) is 3.38. The van der Waals surface area contributed by atoms with Crippen molar-refractivity contribution < 1.29 is 22.7 Å². The van der Waals surface area contributed by atoms with Crippen molar-refractivity contribution in [2.45, 2.75) is 45.8 Å². The van der Waals surface area contributed by atoms with Gasteiger partial charge in [0.25, 0.3) is 0 Å². The number of sulfonamides is 1. The number of benzene rings is 1. The average molecular weight is 404 g/mol. The molecule has 1 aromatic heterocycles. The normalized spacial score (nSPS) is 15.1. The third kappa shape index (κ3) is 4.44. The maximum atomic E-state index is 12.6. The third-order valence-electron chi connectivity index (χ3n) is 4.74. The number of ether oxygens (including phenoxy) is 1. The van der Waals surface area contributed by atoms with Gasteiger partial charge in [-0.15, -0.1) is 0 Å². The van der Waals surface area contributed by atoms with Crippen molar-refractivity contribution in [3.63, 3.8) is 0 Å². The predicted molar refractivity (Wildman–Crippen MR) is 106 cm³/mol. The van der Waals surface area contributed by atoms with Gasteiger partial charge in [0.05, 0.1) is 11.8 Å². The Bertz CT molecular complexity index is 1020. The van der Waals surface area contributed by atoms with Crippen molar-refractivity contribution in [3.8, 4) is 0 Å². The SMILES string of the molecule is Cc1cc(C(=O)O[C@@H](C)C(=O)c2ccc(NS(C)(=O)=O)cc2)c(C)n1C1CC1. The summed E-state index contributed by atoms with van der Waals surface area (Å²) in [6, 6.07) is 8.25. The van der Waals surface area contributed by atoms with Crippen LogP contribution in [-0.4, -0.2) is 37.1 Å². The first-order valence-electron chi connectivity index (χ1n) is 9.08. The molecule has 2 aromatic rings. The topological polar surface area (TPSA) is 94.5 Å². The van der Waals surface area contributed by atoms with Gasteiger partial charge in [0.1, 0.15) is 0 Å². The molecule has 1 aromatic carbocycles. The number of carbonyl (C=O) groups is 2. The van der Waals surface area contributed by atoms with E-state index in [0.29, 0.717) is 22.9 Å². The molecular formula is C20H24N2O5S. The van der Waals surface area contributed by atoms with Gasteiger partial charge in [0.15, 0.2) is 6.10 Å². The van der Waals surface area contributed by atoms with E-state index in [1.165, 1.54) is 31.2 Å². The van der Waals surface area contributed by atoms with E-state index < -0.39 is 22.1 Å². The maximum Gasteiger partial charge on any atom is 0.340 e. The molecule has 0 aliphatic heterocycles. The number of ketones is 1. The lowest BCUT2D eigenvalue weighted by Gasteiger charge is -2.13. The number of aryl methyl sites for hydroxylation is 1. The lowest BCUT2D eigenvalue weighted by Crippen LogP contribution is -2.24. The molecule has 28 heavy (non-hydrogen) atoms. The summed E-state index contributed by atoms with van der Waals surface area (Å²) in [5.74, 6) is -0.869. The van der Waals surface area contributed by atoms with Gasteiger partial charge in [0, 0.05) is 28.7 Å². The van der Waals surface area contributed by atoms with Crippen molar-refractivity contribution in [3.05, 3.63) is 52.8 Å². The lowest BCUT2D eigenvalue weighted by atomic mass is 10.1. The van der Waals surface area contributed by atoms with Gasteiger partial charge in [-0.1, -0.05) is 0 Å². The number of hydrogen-bond acceptors (Lipinski definition) is 5. The van der Waals surface area contributed by atoms with E-state index in [1.807, 2.05) is 13.8 Å². The minimum atomic E-state index is -3.39. The number of Topliss-reactive ketones (excluding diaryl/α,β-unsaturated/α-hetero) is 1. The second kappa shape index (κ2) is 7.43. The van der Waals surface area contributed by atoms with Crippen molar-refractivity contribution in [2.24, 2.45) is 0 Å². The molecule has 0 saturated heterocycles. The zero-order chi connectivity index (χ0) is 20.6. The highest BCUT2D eigenvalue weighted by Crippen LogP contribution is 2.38. The number of carbonyl (C=O) groups excluding carboxylic acids is 2. The quantitative estimate of drug-likeness (QED) is 0.565. The van der Waals surface area contributed by atoms with Crippen LogP contribution < -0.4 is 4.72 Å². The number of anilines is 1. The molecule has 0 unspecified atom stereocenters. The summed E-state index contributed by atoms with van der Waals surface area (Å²) in [5, 5.41) is 0. The fourth-order valence-corrected chi connectivity index (χ4v) is 3.87. The van der Waals surface area contributed by atoms with E-state index in [-0.39, 0.29) is 5.78 Å². The number of nitrogens with zero attached hydrogens (tertiary/aromatic N) is 1. The first kappa shape index (κ1) is 20.1. The number of aromatic nitrogens is 1. The number of hydrogen-bond donors (Lipinski definition) is 1. The molecule has 3 rings (SSSR count). The molecule has 0 spiro atoms. The zero-order valence-electron chi connectivity index (χ0n) is 16.4. The Morgan fingerprint density at radius 3 is 2.32 bits per heavy atom. The molecule has 0 amide bonds. The Morgan fingerprint density at radius 1 is 1.18 bits per heavy atom. The summed E-state index contributed by atoms with van der Waals surface area (Å²) < 4.78 is 32.4. The Labute approximate surface area is 164 Å². The van der Waals surface area contributed by atoms with Crippen molar-refractivity contribution in [1.29, 1.82) is 0 Å². The molecule has 1 fully saturated rings. The molecule has 1 saturated carbocycles. The van der Waals surface area contributed by atoms with Gasteiger partial charge in [-0.05, 0) is 63.9 Å². The fraction of sp³-hybridized carbons (Fsp3) is 0.400. The summed E-state index contributed by atoms with van der Waals surface area (Å²) in [6.07, 6.45) is 2.33. The first-order chi connectivity index (χ1) is 13.1.